The first-order chi connectivity index (χ1) is 14.2. The minimum Gasteiger partial charge on any atom is -0.496 e. The van der Waals surface area contributed by atoms with Gasteiger partial charge in [0, 0.05) is 18.1 Å². The summed E-state index contributed by atoms with van der Waals surface area (Å²) >= 11 is 0. The summed E-state index contributed by atoms with van der Waals surface area (Å²) in [7, 11) is -1.91. The molecule has 0 amide bonds. The lowest BCUT2D eigenvalue weighted by molar-refractivity contribution is -0.0694. The topological polar surface area (TPSA) is 93.1 Å². The minimum atomic E-state index is -4.77. The number of rotatable bonds is 7. The second-order valence-electron chi connectivity index (χ2n) is 6.89. The summed E-state index contributed by atoms with van der Waals surface area (Å²) in [6, 6.07) is 21.6. The van der Waals surface area contributed by atoms with Crippen LogP contribution in [0.2, 0.25) is 0 Å². The molecule has 0 radical (unpaired) electrons. The van der Waals surface area contributed by atoms with Crippen LogP contribution < -0.4 is 9.47 Å². The van der Waals surface area contributed by atoms with E-state index < -0.39 is 19.7 Å². The normalized spacial score (nSPS) is 12.4. The van der Waals surface area contributed by atoms with Gasteiger partial charge < -0.3 is 19.7 Å². The Labute approximate surface area is 176 Å². The molecule has 0 fully saturated rings. The van der Waals surface area contributed by atoms with Crippen LogP contribution in [0.4, 0.5) is 0 Å². The highest BCUT2D eigenvalue weighted by Crippen LogP contribution is 2.52. The first-order valence-corrected chi connectivity index (χ1v) is 10.7. The van der Waals surface area contributed by atoms with E-state index in [2.05, 4.69) is 0 Å². The van der Waals surface area contributed by atoms with E-state index in [0.717, 1.165) is 6.92 Å². The lowest BCUT2D eigenvalue weighted by Gasteiger charge is -2.39. The maximum absolute atomic E-state index is 14.0. The number of ether oxygens (including phenoxy) is 2. The van der Waals surface area contributed by atoms with Gasteiger partial charge in [-0.05, 0) is 17.7 Å². The number of methoxy groups -OCH3 is 2. The fraction of sp³-hybridized carbons (Fsp3) is 0.217. The average molecular weight is 429 g/mol. The first-order valence-electron chi connectivity index (χ1n) is 9.23. The van der Waals surface area contributed by atoms with Crippen LogP contribution in [-0.4, -0.2) is 38.0 Å². The molecule has 0 atom stereocenters. The first kappa shape index (κ1) is 21.8. The Morgan fingerprint density at radius 3 is 1.50 bits per heavy atom. The highest BCUT2D eigenvalue weighted by atomic mass is 32.2. The molecule has 30 heavy (non-hydrogen) atoms. The molecule has 0 saturated carbocycles. The third-order valence-corrected chi connectivity index (χ3v) is 7.56. The maximum atomic E-state index is 14.0. The number of aliphatic hydroxyl groups is 2. The molecule has 0 aliphatic rings. The second-order valence-corrected chi connectivity index (χ2v) is 9.28. The molecule has 0 bridgehead atoms. The smallest absolute Gasteiger partial charge is 0.267 e. The molecule has 3 aromatic rings. The Balaban J connectivity index is 2.65. The molecule has 3 rings (SSSR count). The molecule has 0 saturated heterocycles. The standard InChI is InChI=1S/C23H24O6S/c1-22(24,25)30(26,27)23(17-11-5-4-6-12-17,18-13-7-9-15-20(18)28-2)19-14-8-10-16-21(19)29-3/h4-16,24-25H,1-3H3. The lowest BCUT2D eigenvalue weighted by Crippen LogP contribution is -2.50. The van der Waals surface area contributed by atoms with Gasteiger partial charge in [-0.1, -0.05) is 66.7 Å². The van der Waals surface area contributed by atoms with Crippen LogP contribution in [0.5, 0.6) is 11.5 Å². The molecule has 0 unspecified atom stereocenters. The number of para-hydroxylation sites is 2. The van der Waals surface area contributed by atoms with Crippen molar-refractivity contribution in [1.29, 1.82) is 0 Å². The number of hydrogen-bond acceptors (Lipinski definition) is 6. The van der Waals surface area contributed by atoms with Crippen LogP contribution in [0.25, 0.3) is 0 Å². The summed E-state index contributed by atoms with van der Waals surface area (Å²) in [5, 5.41) is 17.9. The Bertz CT molecular complexity index is 1070. The van der Waals surface area contributed by atoms with E-state index in [0.29, 0.717) is 5.56 Å². The summed E-state index contributed by atoms with van der Waals surface area (Å²) in [6.45, 7) is 0.838. The zero-order valence-electron chi connectivity index (χ0n) is 16.9. The zero-order valence-corrected chi connectivity index (χ0v) is 17.8. The number of hydrogen-bond donors (Lipinski definition) is 2. The Hall–Kier alpha value is -2.87. The van der Waals surface area contributed by atoms with Gasteiger partial charge in [0.25, 0.3) is 5.12 Å². The van der Waals surface area contributed by atoms with Crippen molar-refractivity contribution in [1.82, 2.24) is 0 Å². The molecular formula is C23H24O6S. The van der Waals surface area contributed by atoms with Crippen LogP contribution >= 0.6 is 0 Å². The largest absolute Gasteiger partial charge is 0.496 e. The van der Waals surface area contributed by atoms with Gasteiger partial charge in [0.2, 0.25) is 9.84 Å². The van der Waals surface area contributed by atoms with Crippen molar-refractivity contribution in [3.8, 4) is 11.5 Å². The quantitative estimate of drug-likeness (QED) is 0.444. The highest BCUT2D eigenvalue weighted by Gasteiger charge is 2.58. The van der Waals surface area contributed by atoms with E-state index in [1.165, 1.54) is 14.2 Å². The fourth-order valence-electron chi connectivity index (χ4n) is 3.73. The van der Waals surface area contributed by atoms with E-state index in [1.54, 1.807) is 78.9 Å². The monoisotopic (exact) mass is 428 g/mol. The third-order valence-electron chi connectivity index (χ3n) is 5.07. The van der Waals surface area contributed by atoms with Crippen molar-refractivity contribution in [2.24, 2.45) is 0 Å². The summed E-state index contributed by atoms with van der Waals surface area (Å²) in [6.07, 6.45) is 0. The van der Waals surface area contributed by atoms with Crippen molar-refractivity contribution >= 4 is 9.84 Å². The van der Waals surface area contributed by atoms with Gasteiger partial charge in [0.15, 0.2) is 4.75 Å². The number of sulfone groups is 1. The summed E-state index contributed by atoms with van der Waals surface area (Å²) in [5.74, 6) is 0.556. The van der Waals surface area contributed by atoms with Crippen LogP contribution in [0.15, 0.2) is 78.9 Å². The maximum Gasteiger partial charge on any atom is 0.267 e. The van der Waals surface area contributed by atoms with E-state index in [-0.39, 0.29) is 22.6 Å². The van der Waals surface area contributed by atoms with Crippen molar-refractivity contribution < 1.29 is 28.1 Å². The van der Waals surface area contributed by atoms with Gasteiger partial charge in [-0.25, -0.2) is 8.42 Å². The molecule has 158 valence electrons. The van der Waals surface area contributed by atoms with Gasteiger partial charge in [-0.3, -0.25) is 0 Å². The summed E-state index contributed by atoms with van der Waals surface area (Å²) in [5.41, 5.74) is 0.781. The Morgan fingerprint density at radius 2 is 1.10 bits per heavy atom. The van der Waals surface area contributed by atoms with Crippen LogP contribution in [0.1, 0.15) is 23.6 Å². The van der Waals surface area contributed by atoms with Gasteiger partial charge in [0.1, 0.15) is 11.5 Å². The molecule has 0 aromatic heterocycles. The van der Waals surface area contributed by atoms with E-state index in [4.69, 9.17) is 9.47 Å². The average Bonchev–Trinajstić information content (AvgIpc) is 2.75. The molecule has 0 spiro atoms. The minimum absolute atomic E-state index is 0.234. The number of benzene rings is 3. The van der Waals surface area contributed by atoms with Crippen molar-refractivity contribution in [2.45, 2.75) is 16.8 Å². The van der Waals surface area contributed by atoms with Gasteiger partial charge in [-0.2, -0.15) is 0 Å². The molecule has 6 nitrogen and oxygen atoms in total. The molecule has 3 aromatic carbocycles. The SMILES string of the molecule is COc1ccccc1C(c1ccccc1)(c1ccccc1OC)S(=O)(=O)C(C)(O)O. The van der Waals surface area contributed by atoms with E-state index >= 15 is 0 Å². The van der Waals surface area contributed by atoms with Gasteiger partial charge >= 0.3 is 0 Å². The molecule has 0 heterocycles. The zero-order chi connectivity index (χ0) is 22.0. The predicted octanol–water partition coefficient (Wildman–Crippen LogP) is 3.07. The van der Waals surface area contributed by atoms with E-state index in [1.807, 2.05) is 0 Å². The summed E-state index contributed by atoms with van der Waals surface area (Å²) in [4.78, 5) is 0. The van der Waals surface area contributed by atoms with E-state index in [9.17, 15) is 18.6 Å². The molecule has 0 aliphatic carbocycles. The Morgan fingerprint density at radius 1 is 0.700 bits per heavy atom. The molecular weight excluding hydrogens is 404 g/mol. The third kappa shape index (κ3) is 3.25. The molecule has 0 aliphatic heterocycles. The van der Waals surface area contributed by atoms with Gasteiger partial charge in [-0.15, -0.1) is 0 Å². The summed E-state index contributed by atoms with van der Waals surface area (Å²) < 4.78 is 37.0. The lowest BCUT2D eigenvalue weighted by atomic mass is 9.83. The molecule has 2 N–H and O–H groups in total. The van der Waals surface area contributed by atoms with Crippen molar-refractivity contribution in [3.63, 3.8) is 0 Å². The van der Waals surface area contributed by atoms with Crippen LogP contribution in [0.3, 0.4) is 0 Å². The van der Waals surface area contributed by atoms with Crippen LogP contribution in [-0.2, 0) is 14.6 Å². The van der Waals surface area contributed by atoms with Gasteiger partial charge in [0.05, 0.1) is 14.2 Å². The van der Waals surface area contributed by atoms with Crippen molar-refractivity contribution in [2.75, 3.05) is 14.2 Å². The predicted molar refractivity (Wildman–Crippen MR) is 114 cm³/mol. The molecule has 7 heteroatoms. The highest BCUT2D eigenvalue weighted by molar-refractivity contribution is 7.93. The fourth-order valence-corrected chi connectivity index (χ4v) is 5.68. The second kappa shape index (κ2) is 8.10. The van der Waals surface area contributed by atoms with Crippen molar-refractivity contribution in [3.05, 3.63) is 95.6 Å². The van der Waals surface area contributed by atoms with Crippen LogP contribution in [0, 0.1) is 0 Å². The Kier molecular flexibility index (Phi) is 5.90.